The van der Waals surface area contributed by atoms with Crippen molar-refractivity contribution in [2.24, 2.45) is 5.10 Å². The van der Waals surface area contributed by atoms with Crippen LogP contribution in [0.15, 0.2) is 35.4 Å². The van der Waals surface area contributed by atoms with Crippen molar-refractivity contribution in [1.82, 2.24) is 5.43 Å². The first-order valence-electron chi connectivity index (χ1n) is 4.37. The van der Waals surface area contributed by atoms with Crippen LogP contribution in [-0.2, 0) is 0 Å². The van der Waals surface area contributed by atoms with Gasteiger partial charge in [-0.2, -0.15) is 5.10 Å². The predicted molar refractivity (Wildman–Crippen MR) is 58.6 cm³/mol. The molecule has 3 nitrogen and oxygen atoms in total. The number of hydrogen-bond acceptors (Lipinski definition) is 3. The van der Waals surface area contributed by atoms with Gasteiger partial charge in [0.2, 0.25) is 0 Å². The minimum atomic E-state index is -0.0859. The molecule has 14 heavy (non-hydrogen) atoms. The average molecular weight is 206 g/mol. The number of hydrazone groups is 1. The van der Waals surface area contributed by atoms with E-state index in [9.17, 15) is 4.79 Å². The van der Waals surface area contributed by atoms with Crippen LogP contribution in [0.2, 0.25) is 0 Å². The summed E-state index contributed by atoms with van der Waals surface area (Å²) in [6, 6.07) is 9.88. The van der Waals surface area contributed by atoms with E-state index in [1.807, 2.05) is 37.3 Å². The molecule has 0 aliphatic carbocycles. The van der Waals surface area contributed by atoms with E-state index in [1.54, 1.807) is 0 Å². The van der Waals surface area contributed by atoms with Crippen molar-refractivity contribution in [1.29, 1.82) is 0 Å². The summed E-state index contributed by atoms with van der Waals surface area (Å²) in [5, 5.41) is 4.09. The quantitative estimate of drug-likeness (QED) is 0.765. The van der Waals surface area contributed by atoms with Gasteiger partial charge in [-0.15, -0.1) is 0 Å². The van der Waals surface area contributed by atoms with Crippen molar-refractivity contribution < 1.29 is 4.79 Å². The van der Waals surface area contributed by atoms with Gasteiger partial charge in [0.25, 0.3) is 5.24 Å². The molecular weight excluding hydrogens is 196 g/mol. The second kappa shape index (κ2) is 3.84. The Morgan fingerprint density at radius 3 is 2.71 bits per heavy atom. The molecule has 1 N–H and O–H groups in total. The predicted octanol–water partition coefficient (Wildman–Crippen LogP) is 2.24. The van der Waals surface area contributed by atoms with Gasteiger partial charge in [0.1, 0.15) is 0 Å². The second-order valence-electron chi connectivity index (χ2n) is 3.02. The molecule has 0 aromatic heterocycles. The Balaban J connectivity index is 2.31. The molecule has 1 unspecified atom stereocenters. The Bertz CT molecular complexity index is 375. The van der Waals surface area contributed by atoms with Crippen molar-refractivity contribution in [2.75, 3.05) is 0 Å². The van der Waals surface area contributed by atoms with E-state index in [0.29, 0.717) is 0 Å². The lowest BCUT2D eigenvalue weighted by Crippen LogP contribution is -2.29. The van der Waals surface area contributed by atoms with Crippen LogP contribution in [0.25, 0.3) is 0 Å². The van der Waals surface area contributed by atoms with Gasteiger partial charge in [-0.25, -0.2) is 5.43 Å². The number of nitrogens with one attached hydrogen (secondary N) is 1. The molecule has 1 aliphatic heterocycles. The maximum Gasteiger partial charge on any atom is 0.299 e. The first-order chi connectivity index (χ1) is 6.77. The number of amides is 1. The monoisotopic (exact) mass is 206 g/mol. The lowest BCUT2D eigenvalue weighted by atomic mass is 10.1. The van der Waals surface area contributed by atoms with E-state index in [4.69, 9.17) is 0 Å². The third-order valence-corrected chi connectivity index (χ3v) is 2.89. The van der Waals surface area contributed by atoms with Crippen LogP contribution in [0.5, 0.6) is 0 Å². The number of rotatable bonds is 1. The van der Waals surface area contributed by atoms with Gasteiger partial charge in [-0.1, -0.05) is 42.1 Å². The second-order valence-corrected chi connectivity index (χ2v) is 4.34. The van der Waals surface area contributed by atoms with Crippen molar-refractivity contribution in [3.8, 4) is 0 Å². The minimum absolute atomic E-state index is 0.0859. The van der Waals surface area contributed by atoms with Gasteiger partial charge in [0.15, 0.2) is 0 Å². The number of benzene rings is 1. The Morgan fingerprint density at radius 2 is 2.07 bits per heavy atom. The molecule has 1 aliphatic rings. The van der Waals surface area contributed by atoms with Crippen LogP contribution in [0, 0.1) is 0 Å². The lowest BCUT2D eigenvalue weighted by molar-refractivity contribution is 0.261. The number of thioether (sulfide) groups is 1. The molecule has 1 aromatic rings. The lowest BCUT2D eigenvalue weighted by Gasteiger charge is -2.18. The molecule has 0 saturated heterocycles. The van der Waals surface area contributed by atoms with E-state index < -0.39 is 0 Å². The molecule has 1 atom stereocenters. The summed E-state index contributed by atoms with van der Waals surface area (Å²) >= 11 is 1.26. The van der Waals surface area contributed by atoms with E-state index in [2.05, 4.69) is 10.5 Å². The average Bonchev–Trinajstić information content (AvgIpc) is 2.19. The maximum atomic E-state index is 11.0. The van der Waals surface area contributed by atoms with Crippen LogP contribution < -0.4 is 5.43 Å². The highest BCUT2D eigenvalue weighted by Gasteiger charge is 2.21. The fourth-order valence-electron chi connectivity index (χ4n) is 1.35. The van der Waals surface area contributed by atoms with Crippen molar-refractivity contribution in [2.45, 2.75) is 12.2 Å². The molecule has 72 valence electrons. The van der Waals surface area contributed by atoms with Gasteiger partial charge in [-0.3, -0.25) is 4.79 Å². The minimum Gasteiger partial charge on any atom is -0.260 e. The van der Waals surface area contributed by atoms with Crippen LogP contribution in [0.1, 0.15) is 12.5 Å². The highest BCUT2D eigenvalue weighted by atomic mass is 32.2. The zero-order valence-electron chi connectivity index (χ0n) is 7.73. The van der Waals surface area contributed by atoms with E-state index in [0.717, 1.165) is 11.3 Å². The molecule has 4 heteroatoms. The molecular formula is C10H10N2OS. The van der Waals surface area contributed by atoms with Crippen LogP contribution in [0.4, 0.5) is 4.79 Å². The summed E-state index contributed by atoms with van der Waals surface area (Å²) in [6.07, 6.45) is 0. The number of carbonyl (C=O) groups is 1. The SMILES string of the molecule is CC1SC(=O)NN=C1c1ccccc1. The zero-order chi connectivity index (χ0) is 9.97. The molecule has 1 aromatic carbocycles. The van der Waals surface area contributed by atoms with E-state index in [-0.39, 0.29) is 10.5 Å². The van der Waals surface area contributed by atoms with Gasteiger partial charge in [0, 0.05) is 0 Å². The third-order valence-electron chi connectivity index (χ3n) is 2.01. The largest absolute Gasteiger partial charge is 0.299 e. The molecule has 1 amide bonds. The third kappa shape index (κ3) is 1.80. The molecule has 1 heterocycles. The highest BCUT2D eigenvalue weighted by molar-refractivity contribution is 8.14. The number of carbonyl (C=O) groups excluding carboxylic acids is 1. The van der Waals surface area contributed by atoms with Crippen molar-refractivity contribution >= 4 is 22.7 Å². The number of nitrogens with zero attached hydrogens (tertiary/aromatic N) is 1. The Hall–Kier alpha value is -1.29. The summed E-state index contributed by atoms with van der Waals surface area (Å²) in [4.78, 5) is 11.0. The molecule has 0 saturated carbocycles. The van der Waals surface area contributed by atoms with Crippen LogP contribution in [-0.4, -0.2) is 16.2 Å². The van der Waals surface area contributed by atoms with Gasteiger partial charge in [0.05, 0.1) is 11.0 Å². The Labute approximate surface area is 86.6 Å². The van der Waals surface area contributed by atoms with Crippen LogP contribution in [0.3, 0.4) is 0 Å². The standard InChI is InChI=1S/C10H10N2OS/c1-7-9(11-12-10(13)14-7)8-5-3-2-4-6-8/h2-7H,1H3,(H,12,13). The zero-order valence-corrected chi connectivity index (χ0v) is 8.54. The molecule has 2 rings (SSSR count). The first kappa shape index (κ1) is 9.27. The van der Waals surface area contributed by atoms with E-state index in [1.165, 1.54) is 11.8 Å². The summed E-state index contributed by atoms with van der Waals surface area (Å²) in [7, 11) is 0. The molecule has 0 radical (unpaired) electrons. The first-order valence-corrected chi connectivity index (χ1v) is 5.25. The molecule has 0 spiro atoms. The summed E-state index contributed by atoms with van der Waals surface area (Å²) in [5.41, 5.74) is 4.46. The highest BCUT2D eigenvalue weighted by Crippen LogP contribution is 2.20. The Kier molecular flexibility index (Phi) is 2.54. The fraction of sp³-hybridized carbons (Fsp3) is 0.200. The smallest absolute Gasteiger partial charge is 0.260 e. The topological polar surface area (TPSA) is 41.5 Å². The van der Waals surface area contributed by atoms with Gasteiger partial charge >= 0.3 is 0 Å². The summed E-state index contributed by atoms with van der Waals surface area (Å²) < 4.78 is 0. The Morgan fingerprint density at radius 1 is 1.36 bits per heavy atom. The van der Waals surface area contributed by atoms with Gasteiger partial charge in [-0.05, 0) is 12.5 Å². The molecule has 0 bridgehead atoms. The molecule has 0 fully saturated rings. The summed E-state index contributed by atoms with van der Waals surface area (Å²) in [5.74, 6) is 0. The van der Waals surface area contributed by atoms with Crippen molar-refractivity contribution in [3.63, 3.8) is 0 Å². The number of hydrogen-bond donors (Lipinski definition) is 1. The maximum absolute atomic E-state index is 11.0. The van der Waals surface area contributed by atoms with Gasteiger partial charge < -0.3 is 0 Å². The van der Waals surface area contributed by atoms with Crippen LogP contribution >= 0.6 is 11.8 Å². The van der Waals surface area contributed by atoms with E-state index >= 15 is 0 Å². The summed E-state index contributed by atoms with van der Waals surface area (Å²) in [6.45, 7) is 1.98. The van der Waals surface area contributed by atoms with Crippen molar-refractivity contribution in [3.05, 3.63) is 35.9 Å². The fourth-order valence-corrected chi connectivity index (χ4v) is 2.07. The normalized spacial score (nSPS) is 21.4.